The normalized spacial score (nSPS) is 28.8. The fraction of sp³-hybridized carbons (Fsp3) is 0.667. The van der Waals surface area contributed by atoms with Crippen LogP contribution in [-0.4, -0.2) is 52.2 Å². The van der Waals surface area contributed by atoms with Gasteiger partial charge in [-0.15, -0.1) is 13.2 Å². The maximum atomic E-state index is 15.0. The van der Waals surface area contributed by atoms with Crippen LogP contribution in [0.1, 0.15) is 112 Å². The van der Waals surface area contributed by atoms with E-state index in [4.69, 9.17) is 23.7 Å². The molecule has 4 aliphatic rings. The van der Waals surface area contributed by atoms with Gasteiger partial charge in [0.2, 0.25) is 0 Å². The summed E-state index contributed by atoms with van der Waals surface area (Å²) < 4.78 is 60.3. The van der Waals surface area contributed by atoms with Gasteiger partial charge in [0.25, 0.3) is 0 Å². The Morgan fingerprint density at radius 2 is 0.927 bits per heavy atom. The van der Waals surface area contributed by atoms with Crippen LogP contribution in [0.4, 0.5) is 8.78 Å². The van der Waals surface area contributed by atoms with Crippen molar-refractivity contribution < 1.29 is 32.5 Å². The molecule has 2 saturated heterocycles. The van der Waals surface area contributed by atoms with E-state index in [1.54, 1.807) is 12.1 Å². The van der Waals surface area contributed by atoms with Crippen molar-refractivity contribution >= 4 is 0 Å². The molecule has 2 aromatic rings. The molecule has 0 amide bonds. The SMILES string of the molecule is C=CCCC1COC(C2CCC(CCc3ccc(CCOCCc4ccc(CCC5CCC(C6OCC(CCC=C)CO6)CC5)cc4F)c(F)c3)CC2)OC1. The highest BCUT2D eigenvalue weighted by molar-refractivity contribution is 5.26. The van der Waals surface area contributed by atoms with Gasteiger partial charge < -0.3 is 23.7 Å². The Balaban J connectivity index is 0.808. The van der Waals surface area contributed by atoms with Crippen molar-refractivity contribution in [2.24, 2.45) is 35.5 Å². The molecule has 5 nitrogen and oxygen atoms in total. The van der Waals surface area contributed by atoms with Gasteiger partial charge in [0.15, 0.2) is 12.6 Å². The van der Waals surface area contributed by atoms with E-state index < -0.39 is 0 Å². The Labute approximate surface area is 330 Å². The fourth-order valence-electron chi connectivity index (χ4n) is 9.31. The topological polar surface area (TPSA) is 46.2 Å². The number of hydrogen-bond acceptors (Lipinski definition) is 5. The minimum Gasteiger partial charge on any atom is -0.381 e. The smallest absolute Gasteiger partial charge is 0.160 e. The van der Waals surface area contributed by atoms with E-state index in [0.29, 0.717) is 72.7 Å². The zero-order valence-electron chi connectivity index (χ0n) is 33.4. The number of allylic oxidation sites excluding steroid dienone is 2. The highest BCUT2D eigenvalue weighted by atomic mass is 19.1. The van der Waals surface area contributed by atoms with Crippen LogP contribution in [0.15, 0.2) is 61.7 Å². The van der Waals surface area contributed by atoms with Crippen LogP contribution >= 0.6 is 0 Å². The summed E-state index contributed by atoms with van der Waals surface area (Å²) in [4.78, 5) is 0. The van der Waals surface area contributed by atoms with Crippen molar-refractivity contribution in [2.45, 2.75) is 128 Å². The van der Waals surface area contributed by atoms with Crippen LogP contribution in [0.25, 0.3) is 0 Å². The van der Waals surface area contributed by atoms with E-state index in [2.05, 4.69) is 25.3 Å². The Morgan fingerprint density at radius 3 is 1.29 bits per heavy atom. The Kier molecular flexibility index (Phi) is 17.3. The first-order valence-electron chi connectivity index (χ1n) is 21.8. The number of rotatable bonds is 20. The predicted molar refractivity (Wildman–Crippen MR) is 216 cm³/mol. The molecule has 2 saturated carbocycles. The van der Waals surface area contributed by atoms with Crippen LogP contribution in [0, 0.1) is 47.1 Å². The van der Waals surface area contributed by atoms with E-state index in [0.717, 1.165) is 115 Å². The first kappa shape index (κ1) is 42.2. The summed E-state index contributed by atoms with van der Waals surface area (Å²) in [5.74, 6) is 3.00. The predicted octanol–water partition coefficient (Wildman–Crippen LogP) is 11.2. The third kappa shape index (κ3) is 13.3. The highest BCUT2D eigenvalue weighted by Crippen LogP contribution is 2.38. The van der Waals surface area contributed by atoms with Crippen molar-refractivity contribution in [3.8, 4) is 0 Å². The van der Waals surface area contributed by atoms with Crippen molar-refractivity contribution in [1.82, 2.24) is 0 Å². The minimum absolute atomic E-state index is 0.0454. The summed E-state index contributed by atoms with van der Waals surface area (Å²) >= 11 is 0. The number of hydrogen-bond donors (Lipinski definition) is 0. The Bertz CT molecular complexity index is 1320. The van der Waals surface area contributed by atoms with Crippen LogP contribution < -0.4 is 0 Å². The molecule has 304 valence electrons. The van der Waals surface area contributed by atoms with Gasteiger partial charge in [0.05, 0.1) is 39.6 Å². The summed E-state index contributed by atoms with van der Waals surface area (Å²) in [6.45, 7) is 11.7. The molecule has 0 spiro atoms. The second-order valence-corrected chi connectivity index (χ2v) is 17.1. The van der Waals surface area contributed by atoms with Gasteiger partial charge >= 0.3 is 0 Å². The molecule has 0 atom stereocenters. The number of ether oxygens (including phenoxy) is 5. The van der Waals surface area contributed by atoms with Crippen molar-refractivity contribution in [2.75, 3.05) is 39.6 Å². The molecule has 6 rings (SSSR count). The third-order valence-corrected chi connectivity index (χ3v) is 13.0. The maximum Gasteiger partial charge on any atom is 0.160 e. The molecule has 0 bridgehead atoms. The average Bonchev–Trinajstić information content (AvgIpc) is 3.22. The molecule has 2 aromatic carbocycles. The number of halogens is 2. The van der Waals surface area contributed by atoms with E-state index in [1.165, 1.54) is 25.7 Å². The van der Waals surface area contributed by atoms with Crippen LogP contribution in [0.5, 0.6) is 0 Å². The molecule has 0 radical (unpaired) electrons. The quantitative estimate of drug-likeness (QED) is 0.0993. The lowest BCUT2D eigenvalue weighted by molar-refractivity contribution is -0.230. The molecule has 0 aromatic heterocycles. The third-order valence-electron chi connectivity index (χ3n) is 13.0. The van der Waals surface area contributed by atoms with Gasteiger partial charge in [-0.3, -0.25) is 0 Å². The first-order valence-corrected chi connectivity index (χ1v) is 21.8. The molecule has 2 aliphatic heterocycles. The fourth-order valence-corrected chi connectivity index (χ4v) is 9.31. The molecular weight excluding hydrogens is 695 g/mol. The Hall–Kier alpha value is -2.42. The molecule has 0 unspecified atom stereocenters. The minimum atomic E-state index is -0.155. The van der Waals surface area contributed by atoms with Crippen LogP contribution in [0.2, 0.25) is 0 Å². The van der Waals surface area contributed by atoms with Crippen molar-refractivity contribution in [3.63, 3.8) is 0 Å². The van der Waals surface area contributed by atoms with E-state index in [9.17, 15) is 0 Å². The molecule has 4 fully saturated rings. The second kappa shape index (κ2) is 22.5. The van der Waals surface area contributed by atoms with Gasteiger partial charge in [-0.1, -0.05) is 36.4 Å². The largest absolute Gasteiger partial charge is 0.381 e. The van der Waals surface area contributed by atoms with Crippen molar-refractivity contribution in [1.29, 1.82) is 0 Å². The zero-order chi connectivity index (χ0) is 38.2. The van der Waals surface area contributed by atoms with Gasteiger partial charge in [0.1, 0.15) is 11.6 Å². The molecule has 2 heterocycles. The number of aryl methyl sites for hydroxylation is 2. The van der Waals surface area contributed by atoms with Crippen LogP contribution in [-0.2, 0) is 49.4 Å². The van der Waals surface area contributed by atoms with Crippen LogP contribution in [0.3, 0.4) is 0 Å². The summed E-state index contributed by atoms with van der Waals surface area (Å²) in [5.41, 5.74) is 3.48. The lowest BCUT2D eigenvalue weighted by Crippen LogP contribution is -2.38. The van der Waals surface area contributed by atoms with Gasteiger partial charge in [-0.2, -0.15) is 0 Å². The average molecular weight is 763 g/mol. The van der Waals surface area contributed by atoms with Crippen molar-refractivity contribution in [3.05, 3.63) is 95.6 Å². The van der Waals surface area contributed by atoms with E-state index in [1.807, 2.05) is 24.3 Å². The van der Waals surface area contributed by atoms with Gasteiger partial charge in [0, 0.05) is 23.7 Å². The zero-order valence-corrected chi connectivity index (χ0v) is 33.4. The molecule has 0 N–H and O–H groups in total. The van der Waals surface area contributed by atoms with Gasteiger partial charge in [-0.25, -0.2) is 8.78 Å². The molecule has 7 heteroatoms. The first-order chi connectivity index (χ1) is 27.0. The standard InChI is InChI=1S/C48H68F2O5/c1-3-5-7-39-31-52-47(53-32-39)43-21-13-35(14-22-43)9-11-37-17-19-41(45(49)29-37)25-27-51-28-26-42-20-18-38(30-46(42)50)12-10-36-15-23-44(24-16-36)48-54-33-40(34-55-48)8-6-4-2/h3-4,17-20,29-30,35-36,39-40,43-44,47-48H,1-2,5-16,21-28,31-34H2. The molecule has 2 aliphatic carbocycles. The Morgan fingerprint density at radius 1 is 0.527 bits per heavy atom. The monoisotopic (exact) mass is 763 g/mol. The summed E-state index contributed by atoms with van der Waals surface area (Å²) in [6.07, 6.45) is 22.4. The molecule has 55 heavy (non-hydrogen) atoms. The summed E-state index contributed by atoms with van der Waals surface area (Å²) in [6, 6.07) is 11.4. The maximum absolute atomic E-state index is 15.0. The second-order valence-electron chi connectivity index (χ2n) is 17.1. The summed E-state index contributed by atoms with van der Waals surface area (Å²) in [5, 5.41) is 0. The van der Waals surface area contributed by atoms with Gasteiger partial charge in [-0.05, 0) is 162 Å². The number of benzene rings is 2. The lowest BCUT2D eigenvalue weighted by atomic mass is 9.79. The van der Waals surface area contributed by atoms with E-state index in [-0.39, 0.29) is 24.2 Å². The lowest BCUT2D eigenvalue weighted by Gasteiger charge is -2.37. The van der Waals surface area contributed by atoms with E-state index >= 15 is 8.78 Å². The molecular formula is C48H68F2O5. The summed E-state index contributed by atoms with van der Waals surface area (Å²) in [7, 11) is 0. The highest BCUT2D eigenvalue weighted by Gasteiger charge is 2.33.